The number of benzene rings is 1. The quantitative estimate of drug-likeness (QED) is 0.893. The van der Waals surface area contributed by atoms with Crippen molar-refractivity contribution >= 4 is 15.7 Å². The third-order valence-corrected chi connectivity index (χ3v) is 8.94. The molecule has 25 heavy (non-hydrogen) atoms. The molecule has 0 unspecified atom stereocenters. The first kappa shape index (κ1) is 17.0. The number of likely N-dealkylation sites (tertiary alicyclic amines) is 1. The number of carbonyl (C=O) groups is 1. The minimum atomic E-state index is -3.61. The second kappa shape index (κ2) is 6.09. The Morgan fingerprint density at radius 2 is 1.52 bits per heavy atom. The predicted molar refractivity (Wildman–Crippen MR) is 95.9 cm³/mol. The number of rotatable bonds is 3. The van der Waals surface area contributed by atoms with E-state index in [2.05, 4.69) is 5.32 Å². The van der Waals surface area contributed by atoms with Crippen LogP contribution in [-0.4, -0.2) is 50.2 Å². The van der Waals surface area contributed by atoms with Crippen LogP contribution in [0.5, 0.6) is 0 Å². The van der Waals surface area contributed by atoms with Gasteiger partial charge < -0.3 is 10.2 Å². The number of nitrogens with one attached hydrogen (secondary N) is 1. The molecule has 0 radical (unpaired) electrons. The third kappa shape index (κ3) is 2.79. The summed E-state index contributed by atoms with van der Waals surface area (Å²) >= 11 is 0. The third-order valence-electron chi connectivity index (χ3n) is 6.44. The summed E-state index contributed by atoms with van der Waals surface area (Å²) in [6.45, 7) is 3.51. The Morgan fingerprint density at radius 1 is 0.920 bits per heavy atom. The van der Waals surface area contributed by atoms with Gasteiger partial charge in [0, 0.05) is 13.1 Å². The van der Waals surface area contributed by atoms with Gasteiger partial charge >= 0.3 is 0 Å². The average Bonchev–Trinajstić information content (AvgIpc) is 3.46. The smallest absolute Gasteiger partial charge is 0.244 e. The fourth-order valence-corrected chi connectivity index (χ4v) is 6.43. The summed E-state index contributed by atoms with van der Waals surface area (Å²) in [4.78, 5) is 15.2. The van der Waals surface area contributed by atoms with Gasteiger partial charge in [-0.05, 0) is 69.2 Å². The van der Waals surface area contributed by atoms with Crippen molar-refractivity contribution in [1.82, 2.24) is 10.2 Å². The second-order valence-corrected chi connectivity index (χ2v) is 10.1. The van der Waals surface area contributed by atoms with E-state index in [0.717, 1.165) is 25.9 Å². The maximum absolute atomic E-state index is 13.1. The molecule has 1 spiro atoms. The van der Waals surface area contributed by atoms with E-state index >= 15 is 0 Å². The van der Waals surface area contributed by atoms with Crippen LogP contribution in [0.15, 0.2) is 35.2 Å². The number of hydrogen-bond acceptors (Lipinski definition) is 4. The predicted octanol–water partition coefficient (Wildman–Crippen LogP) is 1.99. The van der Waals surface area contributed by atoms with E-state index in [4.69, 9.17) is 0 Å². The molecule has 1 saturated carbocycles. The minimum Gasteiger partial charge on any atom is -0.341 e. The van der Waals surface area contributed by atoms with Gasteiger partial charge in [0.1, 0.15) is 0 Å². The zero-order valence-corrected chi connectivity index (χ0v) is 15.4. The Labute approximate surface area is 149 Å². The van der Waals surface area contributed by atoms with Gasteiger partial charge in [-0.3, -0.25) is 4.79 Å². The normalized spacial score (nSPS) is 24.9. The molecule has 3 fully saturated rings. The summed E-state index contributed by atoms with van der Waals surface area (Å²) < 4.78 is 24.9. The van der Waals surface area contributed by atoms with Crippen LogP contribution in [-0.2, 0) is 14.6 Å². The number of nitrogens with zero attached hydrogens (tertiary/aromatic N) is 1. The summed E-state index contributed by atoms with van der Waals surface area (Å²) in [7, 11) is -3.61. The maximum Gasteiger partial charge on any atom is 0.244 e. The van der Waals surface area contributed by atoms with Gasteiger partial charge in [-0.1, -0.05) is 18.2 Å². The minimum absolute atomic E-state index is 0.167. The Morgan fingerprint density at radius 3 is 2.08 bits per heavy atom. The summed E-state index contributed by atoms with van der Waals surface area (Å²) in [6, 6.07) is 8.43. The second-order valence-electron chi connectivity index (χ2n) is 7.85. The van der Waals surface area contributed by atoms with E-state index in [0.29, 0.717) is 31.3 Å². The van der Waals surface area contributed by atoms with Crippen LogP contribution in [0.3, 0.4) is 0 Å². The molecule has 136 valence electrons. The molecule has 1 aliphatic carbocycles. The van der Waals surface area contributed by atoms with Crippen LogP contribution in [0.25, 0.3) is 0 Å². The van der Waals surface area contributed by atoms with Crippen molar-refractivity contribution in [2.45, 2.75) is 48.2 Å². The van der Waals surface area contributed by atoms with Gasteiger partial charge in [0.2, 0.25) is 5.91 Å². The van der Waals surface area contributed by atoms with Crippen LogP contribution in [0, 0.1) is 5.41 Å². The molecule has 2 saturated heterocycles. The molecule has 1 N–H and O–H groups in total. The lowest BCUT2D eigenvalue weighted by atomic mass is 9.71. The van der Waals surface area contributed by atoms with Gasteiger partial charge in [-0.15, -0.1) is 0 Å². The fraction of sp³-hybridized carbons (Fsp3) is 0.632. The number of piperidine rings is 2. The molecule has 2 aliphatic heterocycles. The topological polar surface area (TPSA) is 66.5 Å². The highest BCUT2D eigenvalue weighted by molar-refractivity contribution is 7.94. The van der Waals surface area contributed by atoms with E-state index in [-0.39, 0.29) is 10.8 Å². The number of sulfone groups is 1. The largest absolute Gasteiger partial charge is 0.341 e. The molecule has 3 aliphatic rings. The fourth-order valence-electron chi connectivity index (χ4n) is 4.47. The van der Waals surface area contributed by atoms with Crippen LogP contribution < -0.4 is 5.32 Å². The van der Waals surface area contributed by atoms with E-state index in [1.807, 2.05) is 4.90 Å². The molecule has 5 nitrogen and oxygen atoms in total. The monoisotopic (exact) mass is 362 g/mol. The SMILES string of the molecule is O=C(N1CCC2(CCNCC2)CC1)C1(S(=O)(=O)c2ccccc2)CC1. The van der Waals surface area contributed by atoms with Crippen molar-refractivity contribution in [2.75, 3.05) is 26.2 Å². The van der Waals surface area contributed by atoms with Crippen LogP contribution in [0.2, 0.25) is 0 Å². The first-order valence-corrected chi connectivity index (χ1v) is 10.8. The standard InChI is InChI=1S/C19H26N2O3S/c22-17(21-14-10-18(11-15-21)8-12-20-13-9-18)19(6-7-19)25(23,24)16-4-2-1-3-5-16/h1-5,20H,6-15H2. The summed E-state index contributed by atoms with van der Waals surface area (Å²) in [6.07, 6.45) is 5.25. The Bertz CT molecular complexity index is 740. The lowest BCUT2D eigenvalue weighted by molar-refractivity contribution is -0.134. The van der Waals surface area contributed by atoms with Crippen LogP contribution in [0.4, 0.5) is 0 Å². The number of carbonyl (C=O) groups excluding carboxylic acids is 1. The molecule has 0 aromatic heterocycles. The van der Waals surface area contributed by atoms with Crippen LogP contribution >= 0.6 is 0 Å². The maximum atomic E-state index is 13.1. The van der Waals surface area contributed by atoms with Gasteiger partial charge in [0.15, 0.2) is 14.6 Å². The number of hydrogen-bond donors (Lipinski definition) is 1. The van der Waals surface area contributed by atoms with Crippen molar-refractivity contribution in [3.8, 4) is 0 Å². The van der Waals surface area contributed by atoms with Crippen molar-refractivity contribution in [3.63, 3.8) is 0 Å². The molecule has 0 bridgehead atoms. The highest BCUT2D eigenvalue weighted by Gasteiger charge is 2.62. The lowest BCUT2D eigenvalue weighted by Gasteiger charge is -2.45. The zero-order valence-electron chi connectivity index (χ0n) is 14.5. The molecule has 2 heterocycles. The first-order valence-electron chi connectivity index (χ1n) is 9.29. The Hall–Kier alpha value is -1.40. The van der Waals surface area contributed by atoms with E-state index < -0.39 is 14.6 Å². The molecule has 0 atom stereocenters. The van der Waals surface area contributed by atoms with Crippen LogP contribution in [0.1, 0.15) is 38.5 Å². The number of amides is 1. The lowest BCUT2D eigenvalue weighted by Crippen LogP contribution is -2.51. The highest BCUT2D eigenvalue weighted by atomic mass is 32.2. The van der Waals surface area contributed by atoms with E-state index in [1.54, 1.807) is 30.3 Å². The average molecular weight is 362 g/mol. The molecule has 1 aromatic carbocycles. The van der Waals surface area contributed by atoms with E-state index in [9.17, 15) is 13.2 Å². The molecular weight excluding hydrogens is 336 g/mol. The summed E-state index contributed by atoms with van der Waals surface area (Å²) in [5, 5.41) is 3.40. The summed E-state index contributed by atoms with van der Waals surface area (Å²) in [5.74, 6) is -0.167. The van der Waals surface area contributed by atoms with Gasteiger partial charge in [-0.25, -0.2) is 8.42 Å². The van der Waals surface area contributed by atoms with Gasteiger partial charge in [0.05, 0.1) is 4.90 Å². The molecule has 1 aromatic rings. The van der Waals surface area contributed by atoms with Gasteiger partial charge in [-0.2, -0.15) is 0 Å². The van der Waals surface area contributed by atoms with Gasteiger partial charge in [0.25, 0.3) is 0 Å². The molecule has 1 amide bonds. The summed E-state index contributed by atoms with van der Waals surface area (Å²) in [5.41, 5.74) is 0.358. The molecular formula is C19H26N2O3S. The molecule has 6 heteroatoms. The Balaban J connectivity index is 1.50. The molecule has 4 rings (SSSR count). The van der Waals surface area contributed by atoms with Crippen molar-refractivity contribution in [1.29, 1.82) is 0 Å². The van der Waals surface area contributed by atoms with Crippen molar-refractivity contribution < 1.29 is 13.2 Å². The van der Waals surface area contributed by atoms with Crippen molar-refractivity contribution in [3.05, 3.63) is 30.3 Å². The zero-order chi connectivity index (χ0) is 17.5. The van der Waals surface area contributed by atoms with Crippen molar-refractivity contribution in [2.24, 2.45) is 5.41 Å². The highest BCUT2D eigenvalue weighted by Crippen LogP contribution is 2.49. The van der Waals surface area contributed by atoms with E-state index in [1.165, 1.54) is 12.8 Å². The Kier molecular flexibility index (Phi) is 4.15. The first-order chi connectivity index (χ1) is 12.0.